The number of methoxy groups -OCH3 is 3. The predicted molar refractivity (Wildman–Crippen MR) is 269 cm³/mol. The number of carbonyl (C=O) groups is 2. The highest BCUT2D eigenvalue weighted by Crippen LogP contribution is 2.66. The minimum atomic E-state index is -1.60. The van der Waals surface area contributed by atoms with Gasteiger partial charge in [-0.15, -0.1) is 0 Å². The van der Waals surface area contributed by atoms with E-state index in [4.69, 9.17) is 66.3 Å². The number of aliphatic hydroxyl groups is 5. The predicted octanol–water partition coefficient (Wildman–Crippen LogP) is 3.37. The Bertz CT molecular complexity index is 2020. The summed E-state index contributed by atoms with van der Waals surface area (Å²) in [5.41, 5.74) is 1.22. The number of ether oxygens (including phenoxy) is 14. The zero-order chi connectivity index (χ0) is 55.4. The van der Waals surface area contributed by atoms with Crippen LogP contribution in [-0.4, -0.2) is 207 Å². The third-order valence-electron chi connectivity index (χ3n) is 19.6. The van der Waals surface area contributed by atoms with Crippen LogP contribution < -0.4 is 0 Å². The van der Waals surface area contributed by atoms with Crippen LogP contribution in [0.15, 0.2) is 11.6 Å². The molecule has 0 amide bonds. The normalized spacial score (nSPS) is 51.2. The molecule has 5 aliphatic heterocycles. The van der Waals surface area contributed by atoms with Crippen molar-refractivity contribution in [1.82, 2.24) is 0 Å². The van der Waals surface area contributed by atoms with Crippen LogP contribution in [0.5, 0.6) is 0 Å². The molecule has 77 heavy (non-hydrogen) atoms. The Morgan fingerprint density at radius 3 is 1.71 bits per heavy atom. The highest BCUT2D eigenvalue weighted by atomic mass is 16.8. The van der Waals surface area contributed by atoms with Gasteiger partial charge in [-0.2, -0.15) is 0 Å². The Hall–Kier alpha value is -1.84. The first-order valence-electron chi connectivity index (χ1n) is 28.5. The number of hydrogen-bond donors (Lipinski definition) is 5. The van der Waals surface area contributed by atoms with Crippen molar-refractivity contribution in [1.29, 1.82) is 0 Å². The van der Waals surface area contributed by atoms with E-state index in [1.807, 2.05) is 13.8 Å². The second kappa shape index (κ2) is 24.5. The molecular formula is C56H90O21. The van der Waals surface area contributed by atoms with Gasteiger partial charge in [0.25, 0.3) is 0 Å². The SMILES string of the molecule is CC[C@@H]1[C@H](OC(C)=O)C(=O)[C@H]2[C@@H]3CC=C4C[C@@H](O[C@H]5C[C@H](OC)[C@H](O[C@H]6C[C@H](OC)[C@H](O[C@H]7C[C@@H](O)[C@H](O[C@H]8C[C@@H](OC)[C@H](O[C@@H]9O[C@H](CO)[C@@H](O)[C@H](O)[C@H]9O)[C@@H](C)O8)[C@@H](C)O7)[C@@H](C)O6)[C@@H](C)O5)CC[C@]4(C)[C@H]3CC[C@]12C. The van der Waals surface area contributed by atoms with Gasteiger partial charge >= 0.3 is 5.97 Å². The molecule has 9 rings (SSSR count). The molecule has 0 aromatic heterocycles. The second-order valence-electron chi connectivity index (χ2n) is 24.1. The van der Waals surface area contributed by atoms with Crippen LogP contribution in [0.4, 0.5) is 0 Å². The van der Waals surface area contributed by atoms with Gasteiger partial charge in [-0.3, -0.25) is 9.59 Å². The van der Waals surface area contributed by atoms with Crippen molar-refractivity contribution in [3.05, 3.63) is 11.6 Å². The summed E-state index contributed by atoms with van der Waals surface area (Å²) < 4.78 is 86.9. The molecule has 5 saturated heterocycles. The van der Waals surface area contributed by atoms with Crippen LogP contribution in [0, 0.1) is 34.5 Å². The molecule has 8 fully saturated rings. The number of Topliss-reactive ketones (excluding diaryl/α,β-unsaturated/α-hetero) is 1. The minimum Gasteiger partial charge on any atom is -0.454 e. The molecule has 0 aromatic carbocycles. The number of allylic oxidation sites excluding steroid dienone is 1. The summed E-state index contributed by atoms with van der Waals surface area (Å²) in [6.07, 6.45) is -8.12. The highest BCUT2D eigenvalue weighted by Gasteiger charge is 2.66. The number of fused-ring (bicyclic) bond motifs is 5. The van der Waals surface area contributed by atoms with Gasteiger partial charge in [-0.1, -0.05) is 32.4 Å². The third-order valence-corrected chi connectivity index (χ3v) is 19.6. The largest absolute Gasteiger partial charge is 0.454 e. The topological polar surface area (TPSA) is 265 Å². The van der Waals surface area contributed by atoms with Gasteiger partial charge in [0, 0.05) is 65.8 Å². The summed E-state index contributed by atoms with van der Waals surface area (Å²) in [5.74, 6) is 0.292. The van der Waals surface area contributed by atoms with E-state index >= 15 is 0 Å². The molecule has 5 heterocycles. The number of hydrogen-bond acceptors (Lipinski definition) is 21. The summed E-state index contributed by atoms with van der Waals surface area (Å²) in [7, 11) is 4.78. The van der Waals surface area contributed by atoms with Gasteiger partial charge in [-0.05, 0) is 95.3 Å². The van der Waals surface area contributed by atoms with Gasteiger partial charge in [0.2, 0.25) is 0 Å². The first kappa shape index (κ1) is 59.8. The monoisotopic (exact) mass is 1100 g/mol. The van der Waals surface area contributed by atoms with E-state index in [1.54, 1.807) is 28.1 Å². The molecule has 0 aromatic rings. The molecular weight excluding hydrogens is 1010 g/mol. The van der Waals surface area contributed by atoms with Crippen LogP contribution in [0.2, 0.25) is 0 Å². The number of ketones is 1. The van der Waals surface area contributed by atoms with Crippen LogP contribution in [0.1, 0.15) is 126 Å². The van der Waals surface area contributed by atoms with Crippen molar-refractivity contribution in [2.75, 3.05) is 27.9 Å². The lowest BCUT2D eigenvalue weighted by atomic mass is 9.47. The van der Waals surface area contributed by atoms with E-state index in [0.717, 1.165) is 44.9 Å². The Kier molecular flexibility index (Phi) is 19.1. The number of carbonyl (C=O) groups excluding carboxylic acids is 2. The van der Waals surface area contributed by atoms with Gasteiger partial charge in [0.05, 0.1) is 61.5 Å². The zero-order valence-corrected chi connectivity index (χ0v) is 46.9. The standard InChI is InChI=1S/C56H90O21/c1-12-33-53(71-29(6)58)46(61)44-32-14-13-30-19-31(15-17-55(30,7)34(32)16-18-56(33,44)8)72-41-21-36(64-9)51(26(3)68-41)76-43-22-37(65-10)50(27(4)69-43)75-40-20-35(59)49(25(2)67-40)74-42-23-38(66-11)52(28(5)70-42)77-54-48(63)47(62)45(60)39(24-57)73-54/h13,25-28,31-45,47-54,57,59-60,62-63H,12,14-24H2,1-11H3/t25-,26-,27-,28-,31+,32-,33-,34+,35-,36+,37+,38-,39-,40+,41+,42+,43+,44-,45-,47+,48-,49-,50-,51-,52-,53+,54+,55+,56-/m1/s1. The fourth-order valence-corrected chi connectivity index (χ4v) is 15.6. The summed E-state index contributed by atoms with van der Waals surface area (Å²) in [5, 5.41) is 52.2. The molecule has 4 aliphatic carbocycles. The summed E-state index contributed by atoms with van der Waals surface area (Å²) in [6.45, 7) is 15.0. The number of esters is 1. The highest BCUT2D eigenvalue weighted by molar-refractivity contribution is 5.91. The van der Waals surface area contributed by atoms with E-state index in [9.17, 15) is 35.1 Å². The molecule has 440 valence electrons. The van der Waals surface area contributed by atoms with Crippen LogP contribution >= 0.6 is 0 Å². The fourth-order valence-electron chi connectivity index (χ4n) is 15.6. The van der Waals surface area contributed by atoms with E-state index < -0.39 is 130 Å². The quantitative estimate of drug-likeness (QED) is 0.110. The van der Waals surface area contributed by atoms with Crippen molar-refractivity contribution < 1.29 is 101 Å². The molecule has 21 nitrogen and oxygen atoms in total. The molecule has 0 radical (unpaired) electrons. The smallest absolute Gasteiger partial charge is 0.303 e. The maximum atomic E-state index is 14.1. The van der Waals surface area contributed by atoms with E-state index in [0.29, 0.717) is 18.8 Å². The zero-order valence-electron chi connectivity index (χ0n) is 46.9. The van der Waals surface area contributed by atoms with E-state index in [2.05, 4.69) is 26.8 Å². The Morgan fingerprint density at radius 1 is 0.675 bits per heavy atom. The maximum Gasteiger partial charge on any atom is 0.303 e. The summed E-state index contributed by atoms with van der Waals surface area (Å²) >= 11 is 0. The van der Waals surface area contributed by atoms with E-state index in [-0.39, 0.29) is 71.5 Å². The van der Waals surface area contributed by atoms with Crippen molar-refractivity contribution in [2.24, 2.45) is 34.5 Å². The van der Waals surface area contributed by atoms with Crippen LogP contribution in [-0.2, 0) is 75.9 Å². The summed E-state index contributed by atoms with van der Waals surface area (Å²) in [6, 6.07) is 0. The van der Waals surface area contributed by atoms with Crippen LogP contribution in [0.3, 0.4) is 0 Å². The summed E-state index contributed by atoms with van der Waals surface area (Å²) in [4.78, 5) is 26.2. The van der Waals surface area contributed by atoms with Gasteiger partial charge in [0.1, 0.15) is 48.8 Å². The molecule has 9 aliphatic rings. The Morgan fingerprint density at radius 2 is 1.19 bits per heavy atom. The second-order valence-corrected chi connectivity index (χ2v) is 24.1. The average Bonchev–Trinajstić information content (AvgIpc) is 3.61. The van der Waals surface area contributed by atoms with Crippen molar-refractivity contribution in [3.63, 3.8) is 0 Å². The van der Waals surface area contributed by atoms with Crippen LogP contribution in [0.25, 0.3) is 0 Å². The molecule has 21 heteroatoms. The van der Waals surface area contributed by atoms with Crippen molar-refractivity contribution >= 4 is 11.8 Å². The maximum absolute atomic E-state index is 14.1. The van der Waals surface area contributed by atoms with Crippen molar-refractivity contribution in [2.45, 2.75) is 267 Å². The van der Waals surface area contributed by atoms with Crippen molar-refractivity contribution in [3.8, 4) is 0 Å². The average molecular weight is 1100 g/mol. The lowest BCUT2D eigenvalue weighted by Gasteiger charge is -2.57. The molecule has 3 saturated carbocycles. The van der Waals surface area contributed by atoms with Gasteiger partial charge in [0.15, 0.2) is 43.3 Å². The van der Waals surface area contributed by atoms with Gasteiger partial charge in [-0.25, -0.2) is 0 Å². The van der Waals surface area contributed by atoms with E-state index in [1.165, 1.54) is 19.6 Å². The lowest BCUT2D eigenvalue weighted by Crippen LogP contribution is -2.62. The molecule has 0 bridgehead atoms. The molecule has 29 atom stereocenters. The number of rotatable bonds is 16. The number of aliphatic hydroxyl groups excluding tert-OH is 5. The molecule has 5 N–H and O–H groups in total. The minimum absolute atomic E-state index is 0.0271. The fraction of sp³-hybridized carbons (Fsp3) is 0.929. The lowest BCUT2D eigenvalue weighted by molar-refractivity contribution is -0.358. The Balaban J connectivity index is 0.740. The van der Waals surface area contributed by atoms with Gasteiger partial charge < -0.3 is 91.8 Å². The first-order chi connectivity index (χ1) is 36.7. The molecule has 0 unspecified atom stereocenters. The first-order valence-corrected chi connectivity index (χ1v) is 28.5. The Labute approximate surface area is 453 Å². The third kappa shape index (κ3) is 11.8. The molecule has 0 spiro atoms.